The zero-order chi connectivity index (χ0) is 29.7. The molecule has 216 valence electrons. The quantitative estimate of drug-likeness (QED) is 0.200. The summed E-state index contributed by atoms with van der Waals surface area (Å²) in [6, 6.07) is 49.8. The Morgan fingerprint density at radius 1 is 0.545 bits per heavy atom. The molecule has 1 nitrogen and oxygen atoms in total. The van der Waals surface area contributed by atoms with Crippen LogP contribution in [0.15, 0.2) is 133 Å². The van der Waals surface area contributed by atoms with Crippen LogP contribution in [0.5, 0.6) is 0 Å². The summed E-state index contributed by atoms with van der Waals surface area (Å²) in [5.41, 5.74) is 13.2. The first-order chi connectivity index (χ1) is 21.6. The topological polar surface area (TPSA) is 3.24 Å². The van der Waals surface area contributed by atoms with E-state index in [0.717, 1.165) is 0 Å². The molecule has 0 unspecified atom stereocenters. The fourth-order valence-corrected chi connectivity index (χ4v) is 7.94. The van der Waals surface area contributed by atoms with Crippen molar-refractivity contribution in [3.8, 4) is 22.3 Å². The Balaban J connectivity index is 1.36. The Labute approximate surface area is 261 Å². The first kappa shape index (κ1) is 27.0. The highest BCUT2D eigenvalue weighted by Crippen LogP contribution is 2.52. The molecule has 0 saturated heterocycles. The van der Waals surface area contributed by atoms with Crippen LogP contribution >= 0.6 is 0 Å². The first-order valence-corrected chi connectivity index (χ1v) is 16.3. The minimum atomic E-state index is -0.0598. The van der Waals surface area contributed by atoms with Gasteiger partial charge in [0, 0.05) is 22.2 Å². The maximum absolute atomic E-state index is 2.57. The minimum absolute atomic E-state index is 0.0598. The third-order valence-corrected chi connectivity index (χ3v) is 10.3. The maximum Gasteiger partial charge on any atom is 0.0574 e. The van der Waals surface area contributed by atoms with Gasteiger partial charge in [0.15, 0.2) is 0 Å². The van der Waals surface area contributed by atoms with Crippen molar-refractivity contribution >= 4 is 27.8 Å². The molecule has 44 heavy (non-hydrogen) atoms. The van der Waals surface area contributed by atoms with E-state index in [1.807, 2.05) is 0 Å². The fourth-order valence-electron chi connectivity index (χ4n) is 7.94. The monoisotopic (exact) mass is 569 g/mol. The zero-order valence-corrected chi connectivity index (χ0v) is 25.8. The van der Waals surface area contributed by atoms with Gasteiger partial charge in [0.25, 0.3) is 0 Å². The lowest BCUT2D eigenvalue weighted by Gasteiger charge is -2.33. The lowest BCUT2D eigenvalue weighted by Crippen LogP contribution is -2.18. The summed E-state index contributed by atoms with van der Waals surface area (Å²) in [7, 11) is 0. The molecule has 1 fully saturated rings. The van der Waals surface area contributed by atoms with Crippen LogP contribution in [0.25, 0.3) is 33.0 Å². The van der Waals surface area contributed by atoms with E-state index in [9.17, 15) is 0 Å². The van der Waals surface area contributed by atoms with Gasteiger partial charge >= 0.3 is 0 Å². The highest BCUT2D eigenvalue weighted by Gasteiger charge is 2.36. The second-order valence-electron chi connectivity index (χ2n) is 13.2. The second kappa shape index (κ2) is 10.8. The molecule has 0 aromatic heterocycles. The molecule has 0 radical (unpaired) electrons. The van der Waals surface area contributed by atoms with E-state index in [-0.39, 0.29) is 5.41 Å². The van der Waals surface area contributed by atoms with Crippen LogP contribution in [-0.2, 0) is 5.41 Å². The molecule has 6 aromatic carbocycles. The van der Waals surface area contributed by atoms with Gasteiger partial charge in [0.2, 0.25) is 0 Å². The van der Waals surface area contributed by atoms with Gasteiger partial charge in [0.05, 0.1) is 5.69 Å². The van der Waals surface area contributed by atoms with Crippen LogP contribution in [0, 0.1) is 0 Å². The number of anilines is 3. The van der Waals surface area contributed by atoms with Crippen LogP contribution in [0.1, 0.15) is 68.6 Å². The van der Waals surface area contributed by atoms with Crippen LogP contribution < -0.4 is 4.90 Å². The van der Waals surface area contributed by atoms with Gasteiger partial charge in [-0.1, -0.05) is 142 Å². The molecule has 0 bridgehead atoms. The Morgan fingerprint density at radius 3 is 2.02 bits per heavy atom. The summed E-state index contributed by atoms with van der Waals surface area (Å²) >= 11 is 0. The maximum atomic E-state index is 2.57. The molecule has 0 amide bonds. The summed E-state index contributed by atoms with van der Waals surface area (Å²) < 4.78 is 0. The van der Waals surface area contributed by atoms with E-state index in [2.05, 4.69) is 152 Å². The van der Waals surface area contributed by atoms with Gasteiger partial charge in [-0.05, 0) is 87.4 Å². The number of nitrogens with zero attached hydrogens (tertiary/aromatic N) is 1. The Hall–Kier alpha value is -4.62. The molecule has 1 heteroatoms. The average molecular weight is 570 g/mol. The van der Waals surface area contributed by atoms with E-state index in [4.69, 9.17) is 0 Å². The van der Waals surface area contributed by atoms with Crippen molar-refractivity contribution in [3.05, 3.63) is 150 Å². The lowest BCUT2D eigenvalue weighted by atomic mass is 9.81. The van der Waals surface area contributed by atoms with Crippen LogP contribution in [0.2, 0.25) is 0 Å². The van der Waals surface area contributed by atoms with Crippen LogP contribution in [-0.4, -0.2) is 0 Å². The third kappa shape index (κ3) is 4.46. The fraction of sp³-hybridized carbons (Fsp3) is 0.209. The first-order valence-electron chi connectivity index (χ1n) is 16.3. The van der Waals surface area contributed by atoms with Crippen LogP contribution in [0.3, 0.4) is 0 Å². The van der Waals surface area contributed by atoms with Gasteiger partial charge in [0.1, 0.15) is 0 Å². The summed E-state index contributed by atoms with van der Waals surface area (Å²) in [4.78, 5) is 2.57. The molecule has 0 atom stereocenters. The van der Waals surface area contributed by atoms with Gasteiger partial charge in [-0.15, -0.1) is 0 Å². The molecule has 6 aromatic rings. The van der Waals surface area contributed by atoms with Gasteiger partial charge in [-0.25, -0.2) is 0 Å². The molecular formula is C43H39N. The largest absolute Gasteiger partial charge is 0.310 e. The van der Waals surface area contributed by atoms with Crippen molar-refractivity contribution in [2.24, 2.45) is 0 Å². The molecule has 1 saturated carbocycles. The van der Waals surface area contributed by atoms with Crippen molar-refractivity contribution in [2.75, 3.05) is 4.90 Å². The number of rotatable bonds is 5. The summed E-state index contributed by atoms with van der Waals surface area (Å²) in [5.74, 6) is 0.574. The Kier molecular flexibility index (Phi) is 6.64. The standard InChI is InChI=1S/C43H39N/c1-43(2)40-20-12-11-19-38(40)39-28-26-35(29-41(39)43)44(34-24-21-31(22-25-34)30-13-5-3-6-14-30)42-36-18-10-9-17-33(36)23-27-37(42)32-15-7-4-8-16-32/h3,5-6,9-14,17-29,32H,4,7-8,15-16H2,1-2H3. The molecule has 0 spiro atoms. The van der Waals surface area contributed by atoms with Crippen molar-refractivity contribution < 1.29 is 0 Å². The van der Waals surface area contributed by atoms with Crippen molar-refractivity contribution in [1.29, 1.82) is 0 Å². The number of fused-ring (bicyclic) bond motifs is 4. The summed E-state index contributed by atoms with van der Waals surface area (Å²) in [6.45, 7) is 4.76. The van der Waals surface area contributed by atoms with Crippen LogP contribution in [0.4, 0.5) is 17.1 Å². The Morgan fingerprint density at radius 2 is 1.20 bits per heavy atom. The normalized spacial score (nSPS) is 15.6. The summed E-state index contributed by atoms with van der Waals surface area (Å²) in [6.07, 6.45) is 6.50. The van der Waals surface area contributed by atoms with Gasteiger partial charge < -0.3 is 4.90 Å². The molecule has 8 rings (SSSR count). The van der Waals surface area contributed by atoms with E-state index in [1.54, 1.807) is 0 Å². The highest BCUT2D eigenvalue weighted by molar-refractivity contribution is 6.01. The van der Waals surface area contributed by atoms with Crippen molar-refractivity contribution in [1.82, 2.24) is 0 Å². The third-order valence-electron chi connectivity index (χ3n) is 10.3. The van der Waals surface area contributed by atoms with Gasteiger partial charge in [-0.3, -0.25) is 0 Å². The summed E-state index contributed by atoms with van der Waals surface area (Å²) in [5, 5.41) is 2.62. The van der Waals surface area contributed by atoms with Crippen molar-refractivity contribution in [3.63, 3.8) is 0 Å². The molecule has 0 N–H and O–H groups in total. The molecular weight excluding hydrogens is 530 g/mol. The SMILES string of the molecule is CC1(C)c2ccccc2-c2ccc(N(c3ccc(-c4ccccc4)cc3)c3c(C4CCCCC4)ccc4ccccc34)cc21. The molecule has 0 aliphatic heterocycles. The smallest absolute Gasteiger partial charge is 0.0574 e. The molecule has 2 aliphatic rings. The predicted molar refractivity (Wildman–Crippen MR) is 187 cm³/mol. The zero-order valence-electron chi connectivity index (χ0n) is 25.8. The van der Waals surface area contributed by atoms with E-state index < -0.39 is 0 Å². The van der Waals surface area contributed by atoms with Crippen molar-refractivity contribution in [2.45, 2.75) is 57.3 Å². The highest BCUT2D eigenvalue weighted by atomic mass is 15.1. The molecule has 2 aliphatic carbocycles. The van der Waals surface area contributed by atoms with E-state index in [1.165, 1.54) is 98.9 Å². The van der Waals surface area contributed by atoms with Gasteiger partial charge in [-0.2, -0.15) is 0 Å². The predicted octanol–water partition coefficient (Wildman–Crippen LogP) is 12.3. The van der Waals surface area contributed by atoms with E-state index in [0.29, 0.717) is 5.92 Å². The minimum Gasteiger partial charge on any atom is -0.310 e. The number of benzene rings is 6. The average Bonchev–Trinajstić information content (AvgIpc) is 3.32. The Bertz CT molecular complexity index is 1960. The lowest BCUT2D eigenvalue weighted by molar-refractivity contribution is 0.444. The second-order valence-corrected chi connectivity index (χ2v) is 13.2. The molecule has 0 heterocycles. The number of hydrogen-bond donors (Lipinski definition) is 0. The number of hydrogen-bond acceptors (Lipinski definition) is 1. The van der Waals surface area contributed by atoms with E-state index >= 15 is 0 Å².